The lowest BCUT2D eigenvalue weighted by Gasteiger charge is -2.25. The highest BCUT2D eigenvalue weighted by Crippen LogP contribution is 2.43. The number of piperidine rings is 1. The molecule has 8 aromatic rings. The number of carbonyl (C=O) groups excluding carboxylic acids is 2. The minimum absolute atomic E-state index is 0.0652. The highest BCUT2D eigenvalue weighted by Gasteiger charge is 2.24. The first-order valence-electron chi connectivity index (χ1n) is 20.8. The molecule has 0 saturated carbocycles. The predicted octanol–water partition coefficient (Wildman–Crippen LogP) is 11.9. The predicted molar refractivity (Wildman–Crippen MR) is 257 cm³/mol. The molecule has 0 radical (unpaired) electrons. The number of halogens is 1. The zero-order valence-corrected chi connectivity index (χ0v) is 38.3. The summed E-state index contributed by atoms with van der Waals surface area (Å²) in [4.78, 5) is 39.9. The minimum Gasteiger partial charge on any atom is -0.497 e. The number of pyridine rings is 2. The van der Waals surface area contributed by atoms with Crippen molar-refractivity contribution in [2.24, 2.45) is 0 Å². The van der Waals surface area contributed by atoms with Gasteiger partial charge in [-0.25, -0.2) is 9.97 Å². The van der Waals surface area contributed by atoms with Crippen molar-refractivity contribution in [3.8, 4) is 49.8 Å². The smallest absolute Gasteiger partial charge is 0.213 e. The van der Waals surface area contributed by atoms with E-state index in [1.54, 1.807) is 81.6 Å². The van der Waals surface area contributed by atoms with Gasteiger partial charge in [-0.2, -0.15) is 0 Å². The van der Waals surface area contributed by atoms with E-state index in [4.69, 9.17) is 35.3 Å². The third-order valence-electron chi connectivity index (χ3n) is 11.0. The Morgan fingerprint density at radius 3 is 1.48 bits per heavy atom. The number of likely N-dealkylation sites (tertiary alicyclic amines) is 1. The Kier molecular flexibility index (Phi) is 14.2. The number of ketones is 2. The van der Waals surface area contributed by atoms with Gasteiger partial charge >= 0.3 is 0 Å². The number of carbonyl (C=O) groups is 2. The molecule has 0 amide bonds. The number of thiophene rings is 2. The molecule has 4 aromatic carbocycles. The van der Waals surface area contributed by atoms with E-state index in [9.17, 15) is 9.59 Å². The monoisotopic (exact) mass is 911 g/mol. The van der Waals surface area contributed by atoms with Gasteiger partial charge in [-0.3, -0.25) is 14.5 Å². The molecule has 1 aliphatic heterocycles. The summed E-state index contributed by atoms with van der Waals surface area (Å²) in [7, 11) is 6.55. The van der Waals surface area contributed by atoms with Crippen molar-refractivity contribution in [3.05, 3.63) is 149 Å². The molecule has 1 aliphatic rings. The Hall–Kier alpha value is -6.31. The van der Waals surface area contributed by atoms with Crippen LogP contribution in [-0.2, 0) is 0 Å². The maximum Gasteiger partial charge on any atom is 0.213 e. The highest BCUT2D eigenvalue weighted by atomic mass is 35.5. The average Bonchev–Trinajstić information content (AvgIpc) is 3.93. The number of fused-ring (bicyclic) bond motifs is 2. The van der Waals surface area contributed by atoms with Gasteiger partial charge in [0.05, 0.1) is 28.4 Å². The molecule has 1 saturated heterocycles. The maximum atomic E-state index is 13.8. The summed E-state index contributed by atoms with van der Waals surface area (Å²) in [6.45, 7) is 3.78. The number of ether oxygens (including phenoxy) is 5. The second-order valence-electron chi connectivity index (χ2n) is 15.0. The molecule has 326 valence electrons. The van der Waals surface area contributed by atoms with Gasteiger partial charge < -0.3 is 23.7 Å². The first kappa shape index (κ1) is 44.3. The lowest BCUT2D eigenvalue weighted by molar-refractivity contribution is 0.103. The first-order valence-corrected chi connectivity index (χ1v) is 22.8. The Labute approximate surface area is 384 Å². The van der Waals surface area contributed by atoms with Crippen LogP contribution in [0.3, 0.4) is 0 Å². The van der Waals surface area contributed by atoms with Crippen LogP contribution in [0, 0.1) is 0 Å². The fourth-order valence-corrected chi connectivity index (χ4v) is 10.2. The molecule has 0 N–H and O–H groups in total. The number of nitrogens with zero attached hydrogens (tertiary/aromatic N) is 3. The molecule has 64 heavy (non-hydrogen) atoms. The summed E-state index contributed by atoms with van der Waals surface area (Å²) in [5.74, 6) is 3.43. The number of hydrogen-bond acceptors (Lipinski definition) is 12. The van der Waals surface area contributed by atoms with Crippen molar-refractivity contribution < 1.29 is 33.3 Å². The van der Waals surface area contributed by atoms with Gasteiger partial charge in [-0.05, 0) is 140 Å². The molecule has 1 fully saturated rings. The topological polar surface area (TPSA) is 109 Å². The summed E-state index contributed by atoms with van der Waals surface area (Å²) in [6.07, 6.45) is 6.97. The Balaban J connectivity index is 0.000000181. The van der Waals surface area contributed by atoms with Gasteiger partial charge in [0.2, 0.25) is 5.88 Å². The van der Waals surface area contributed by atoms with Crippen LogP contribution >= 0.6 is 34.3 Å². The van der Waals surface area contributed by atoms with E-state index >= 15 is 0 Å². The third kappa shape index (κ3) is 9.90. The molecule has 4 aromatic heterocycles. The fourth-order valence-electron chi connectivity index (χ4n) is 7.61. The van der Waals surface area contributed by atoms with Crippen LogP contribution in [0.5, 0.6) is 28.9 Å². The van der Waals surface area contributed by atoms with Crippen molar-refractivity contribution in [3.63, 3.8) is 0 Å². The SMILES string of the molecule is COc1ccc(-c2sc3cc(OC)ccc3c2C(=O)c2ccc(Cl)nc2)cc1.COc1ccc(-c2sc3cc(OC)ccc3c2C(=O)c2ccc(OCCN3CCCCC3)nc2)cc1. The first-order chi connectivity index (χ1) is 31.3. The summed E-state index contributed by atoms with van der Waals surface area (Å²) >= 11 is 9.02. The number of rotatable bonds is 14. The van der Waals surface area contributed by atoms with Crippen LogP contribution in [0.2, 0.25) is 5.15 Å². The largest absolute Gasteiger partial charge is 0.497 e. The Morgan fingerprint density at radius 1 is 0.578 bits per heavy atom. The van der Waals surface area contributed by atoms with E-state index in [2.05, 4.69) is 14.9 Å². The van der Waals surface area contributed by atoms with Crippen molar-refractivity contribution in [1.82, 2.24) is 14.9 Å². The van der Waals surface area contributed by atoms with Gasteiger partial charge in [-0.15, -0.1) is 22.7 Å². The lowest BCUT2D eigenvalue weighted by Crippen LogP contribution is -2.33. The molecule has 0 aliphatic carbocycles. The molecule has 10 nitrogen and oxygen atoms in total. The second-order valence-corrected chi connectivity index (χ2v) is 17.4. The summed E-state index contributed by atoms with van der Waals surface area (Å²) in [6, 6.07) is 33.9. The maximum absolute atomic E-state index is 13.8. The quantitative estimate of drug-likeness (QED) is 0.0772. The van der Waals surface area contributed by atoms with E-state index in [0.29, 0.717) is 39.9 Å². The van der Waals surface area contributed by atoms with Crippen LogP contribution < -0.4 is 23.7 Å². The van der Waals surface area contributed by atoms with E-state index in [1.165, 1.54) is 25.5 Å². The van der Waals surface area contributed by atoms with Crippen molar-refractivity contribution in [1.29, 1.82) is 0 Å². The lowest BCUT2D eigenvalue weighted by atomic mass is 9.98. The number of benzene rings is 4. The molecule has 0 bridgehead atoms. The third-order valence-corrected chi connectivity index (χ3v) is 13.7. The molecule has 5 heterocycles. The molecular weight excluding hydrogens is 866 g/mol. The molecule has 9 rings (SSSR count). The van der Waals surface area contributed by atoms with Crippen LogP contribution in [0.25, 0.3) is 41.1 Å². The van der Waals surface area contributed by atoms with Gasteiger partial charge in [0.1, 0.15) is 34.8 Å². The van der Waals surface area contributed by atoms with Crippen LogP contribution in [0.4, 0.5) is 0 Å². The summed E-state index contributed by atoms with van der Waals surface area (Å²) < 4.78 is 29.2. The molecule has 13 heteroatoms. The Morgan fingerprint density at radius 2 is 1.05 bits per heavy atom. The van der Waals surface area contributed by atoms with Gasteiger partial charge in [0.15, 0.2) is 11.6 Å². The van der Waals surface area contributed by atoms with Crippen LogP contribution in [0.15, 0.2) is 122 Å². The molecule has 0 unspecified atom stereocenters. The zero-order valence-electron chi connectivity index (χ0n) is 35.9. The van der Waals surface area contributed by atoms with E-state index in [1.807, 2.05) is 84.9 Å². The van der Waals surface area contributed by atoms with Crippen molar-refractivity contribution in [2.45, 2.75) is 19.3 Å². The normalized spacial score (nSPS) is 12.6. The highest BCUT2D eigenvalue weighted by molar-refractivity contribution is 7.23. The van der Waals surface area contributed by atoms with Gasteiger partial charge in [0.25, 0.3) is 0 Å². The van der Waals surface area contributed by atoms with E-state index < -0.39 is 0 Å². The van der Waals surface area contributed by atoms with E-state index in [0.717, 1.165) is 83.7 Å². The number of hydrogen-bond donors (Lipinski definition) is 0. The second kappa shape index (κ2) is 20.5. The number of methoxy groups -OCH3 is 4. The average molecular weight is 913 g/mol. The van der Waals surface area contributed by atoms with Crippen LogP contribution in [0.1, 0.15) is 51.1 Å². The van der Waals surface area contributed by atoms with E-state index in [-0.39, 0.29) is 11.6 Å². The zero-order chi connectivity index (χ0) is 44.6. The molecular formula is C51H46ClN3O7S2. The standard InChI is InChI=1S/C29H30N2O4S.C22H16ClNO3S/c1-33-22-9-6-20(7-10-22)29-27(24-12-11-23(34-2)18-25(24)36-29)28(32)21-8-13-26(30-19-21)35-17-16-31-14-4-3-5-15-31;1-26-15-6-3-13(4-7-15)22-20(21(25)14-5-10-19(23)24-12-14)17-9-8-16(27-2)11-18(17)28-22/h6-13,18-19H,3-5,14-17H2,1-2H3;3-12H,1-2H3. The minimum atomic E-state index is -0.0913. The molecule has 0 atom stereocenters. The Bertz CT molecular complexity index is 2870. The van der Waals surface area contributed by atoms with Crippen LogP contribution in [-0.4, -0.2) is 81.1 Å². The summed E-state index contributed by atoms with van der Waals surface area (Å²) in [5, 5.41) is 2.14. The van der Waals surface area contributed by atoms with Crippen molar-refractivity contribution in [2.75, 3.05) is 54.7 Å². The van der Waals surface area contributed by atoms with Gasteiger partial charge in [0, 0.05) is 77.2 Å². The van der Waals surface area contributed by atoms with Gasteiger partial charge in [-0.1, -0.05) is 18.0 Å². The van der Waals surface area contributed by atoms with Crippen molar-refractivity contribution >= 4 is 66.0 Å². The molecule has 0 spiro atoms. The summed E-state index contributed by atoms with van der Waals surface area (Å²) in [5.41, 5.74) is 4.26. The fraction of sp³-hybridized carbons (Fsp3) is 0.216. The number of aromatic nitrogens is 2.